The number of rotatable bonds is 6. The van der Waals surface area contributed by atoms with Gasteiger partial charge in [0.1, 0.15) is 0 Å². The van der Waals surface area contributed by atoms with Crippen molar-refractivity contribution in [2.24, 2.45) is 17.3 Å². The van der Waals surface area contributed by atoms with Gasteiger partial charge in [0.25, 0.3) is 5.91 Å². The Morgan fingerprint density at radius 2 is 1.73 bits per heavy atom. The number of carbonyl (C=O) groups excluding carboxylic acids is 3. The summed E-state index contributed by atoms with van der Waals surface area (Å²) in [6, 6.07) is 7.68. The normalized spacial score (nSPS) is 32.3. The van der Waals surface area contributed by atoms with E-state index in [1.54, 1.807) is 6.92 Å². The molecule has 0 spiro atoms. The first kappa shape index (κ1) is 22.2. The van der Waals surface area contributed by atoms with Crippen molar-refractivity contribution in [1.29, 1.82) is 0 Å². The van der Waals surface area contributed by atoms with E-state index in [1.165, 1.54) is 0 Å². The fraction of sp³-hybridized carbons (Fsp3) is 0.640. The van der Waals surface area contributed by atoms with Crippen LogP contribution < -0.4 is 15.5 Å². The van der Waals surface area contributed by atoms with Crippen molar-refractivity contribution in [3.63, 3.8) is 0 Å². The van der Waals surface area contributed by atoms with E-state index in [-0.39, 0.29) is 29.9 Å². The standard InChI is InChI=1S/C25H33N3O5/c1-17(29)27-25-13-18-10-19(14-25)12-24(11-18,16-25)23(31)33-15-22(30)26-20-2-4-21(5-3-20)28-6-8-32-9-7-28/h2-5,18-19H,6-16H2,1H3,(H,26,30)(H,27,29)/t18-,19-,24?,25?/m0/s1. The van der Waals surface area contributed by atoms with Crippen LogP contribution in [-0.2, 0) is 23.9 Å². The van der Waals surface area contributed by atoms with E-state index in [4.69, 9.17) is 9.47 Å². The minimum Gasteiger partial charge on any atom is -0.455 e. The molecule has 0 radical (unpaired) electrons. The van der Waals surface area contributed by atoms with Crippen molar-refractivity contribution < 1.29 is 23.9 Å². The predicted molar refractivity (Wildman–Crippen MR) is 123 cm³/mol. The van der Waals surface area contributed by atoms with Crippen LogP contribution in [0.1, 0.15) is 45.4 Å². The van der Waals surface area contributed by atoms with Crippen LogP contribution >= 0.6 is 0 Å². The van der Waals surface area contributed by atoms with Crippen LogP contribution in [0.2, 0.25) is 0 Å². The van der Waals surface area contributed by atoms with Crippen molar-refractivity contribution in [2.45, 2.75) is 51.0 Å². The number of amides is 2. The number of anilines is 2. The van der Waals surface area contributed by atoms with Gasteiger partial charge in [-0.1, -0.05) is 0 Å². The number of morpholine rings is 1. The number of nitrogens with one attached hydrogen (secondary N) is 2. The molecule has 2 atom stereocenters. The molecule has 5 aliphatic rings. The summed E-state index contributed by atoms with van der Waals surface area (Å²) >= 11 is 0. The molecule has 2 amide bonds. The quantitative estimate of drug-likeness (QED) is 0.640. The number of benzene rings is 1. The minimum atomic E-state index is -0.577. The summed E-state index contributed by atoms with van der Waals surface area (Å²) in [6.45, 7) is 4.40. The molecule has 0 aromatic heterocycles. The van der Waals surface area contributed by atoms with Gasteiger partial charge in [0.05, 0.1) is 18.6 Å². The first-order valence-electron chi connectivity index (χ1n) is 12.0. The third kappa shape index (κ3) is 4.58. The molecule has 178 valence electrons. The lowest BCUT2D eigenvalue weighted by atomic mass is 9.47. The van der Waals surface area contributed by atoms with E-state index in [1.807, 2.05) is 24.3 Å². The third-order valence-corrected chi connectivity index (χ3v) is 7.80. The Bertz CT molecular complexity index is 910. The van der Waals surface area contributed by atoms with Crippen LogP contribution in [0.4, 0.5) is 11.4 Å². The highest BCUT2D eigenvalue weighted by Crippen LogP contribution is 2.62. The fourth-order valence-electron chi connectivity index (χ4n) is 7.08. The van der Waals surface area contributed by atoms with E-state index in [9.17, 15) is 14.4 Å². The lowest BCUT2D eigenvalue weighted by Gasteiger charge is -2.60. The Hall–Kier alpha value is -2.61. The van der Waals surface area contributed by atoms with E-state index in [0.29, 0.717) is 23.9 Å². The number of esters is 1. The Balaban J connectivity index is 1.16. The number of ether oxygens (including phenoxy) is 2. The van der Waals surface area contributed by atoms with E-state index < -0.39 is 5.41 Å². The molecule has 1 aromatic rings. The molecule has 8 heteroatoms. The Morgan fingerprint density at radius 3 is 2.36 bits per heavy atom. The molecule has 0 unspecified atom stereocenters. The molecule has 5 fully saturated rings. The van der Waals surface area contributed by atoms with Crippen LogP contribution in [0.5, 0.6) is 0 Å². The lowest BCUT2D eigenvalue weighted by molar-refractivity contribution is -0.176. The van der Waals surface area contributed by atoms with Gasteiger partial charge in [0.2, 0.25) is 5.91 Å². The summed E-state index contributed by atoms with van der Waals surface area (Å²) in [5, 5.41) is 5.97. The SMILES string of the molecule is CC(=O)NC12C[C@H]3C[C@H](C1)CC(C(=O)OCC(=O)Nc1ccc(N4CCOCC4)cc1)(C3)C2. The molecular weight excluding hydrogens is 422 g/mol. The van der Waals surface area contributed by atoms with E-state index in [0.717, 1.165) is 64.1 Å². The largest absolute Gasteiger partial charge is 0.455 e. The molecule has 1 saturated heterocycles. The van der Waals surface area contributed by atoms with Gasteiger partial charge >= 0.3 is 5.97 Å². The van der Waals surface area contributed by atoms with Crippen LogP contribution in [0.25, 0.3) is 0 Å². The van der Waals surface area contributed by atoms with Crippen LogP contribution in [0.3, 0.4) is 0 Å². The second-order valence-corrected chi connectivity index (χ2v) is 10.5. The minimum absolute atomic E-state index is 0.0421. The van der Waals surface area contributed by atoms with Gasteiger partial charge in [-0.15, -0.1) is 0 Å². The Morgan fingerprint density at radius 1 is 1.06 bits per heavy atom. The molecule has 1 heterocycles. The zero-order chi connectivity index (χ0) is 23.1. The summed E-state index contributed by atoms with van der Waals surface area (Å²) in [7, 11) is 0. The van der Waals surface area contributed by atoms with Crippen LogP contribution in [0, 0.1) is 17.3 Å². The highest BCUT2D eigenvalue weighted by atomic mass is 16.5. The average molecular weight is 456 g/mol. The fourth-order valence-corrected chi connectivity index (χ4v) is 7.08. The van der Waals surface area contributed by atoms with Crippen molar-refractivity contribution in [2.75, 3.05) is 43.1 Å². The predicted octanol–water partition coefficient (Wildman–Crippen LogP) is 2.48. The number of nitrogens with zero attached hydrogens (tertiary/aromatic N) is 1. The lowest BCUT2D eigenvalue weighted by Crippen LogP contribution is -2.64. The molecule has 33 heavy (non-hydrogen) atoms. The van der Waals surface area contributed by atoms with Crippen molar-refractivity contribution in [3.05, 3.63) is 24.3 Å². The second-order valence-electron chi connectivity index (χ2n) is 10.5. The monoisotopic (exact) mass is 455 g/mol. The summed E-state index contributed by atoms with van der Waals surface area (Å²) in [5.41, 5.74) is 0.900. The van der Waals surface area contributed by atoms with Crippen molar-refractivity contribution in [1.82, 2.24) is 5.32 Å². The summed E-state index contributed by atoms with van der Waals surface area (Å²) in [6.07, 6.45) is 5.23. The maximum atomic E-state index is 13.2. The molecule has 1 aromatic carbocycles. The third-order valence-electron chi connectivity index (χ3n) is 7.80. The van der Waals surface area contributed by atoms with Gasteiger partial charge in [-0.25, -0.2) is 0 Å². The van der Waals surface area contributed by atoms with Gasteiger partial charge in [-0.3, -0.25) is 14.4 Å². The summed E-state index contributed by atoms with van der Waals surface area (Å²) < 4.78 is 10.9. The highest BCUT2D eigenvalue weighted by Gasteiger charge is 2.61. The molecule has 4 aliphatic carbocycles. The summed E-state index contributed by atoms with van der Waals surface area (Å²) in [4.78, 5) is 39.7. The maximum absolute atomic E-state index is 13.2. The van der Waals surface area contributed by atoms with Gasteiger partial charge in [0.15, 0.2) is 6.61 Å². The summed E-state index contributed by atoms with van der Waals surface area (Å²) in [5.74, 6) is 0.196. The molecule has 4 bridgehead atoms. The van der Waals surface area contributed by atoms with Crippen molar-refractivity contribution >= 4 is 29.2 Å². The first-order chi connectivity index (χ1) is 15.8. The van der Waals surface area contributed by atoms with Gasteiger partial charge in [0, 0.05) is 36.9 Å². The number of hydrogen-bond acceptors (Lipinski definition) is 6. The van der Waals surface area contributed by atoms with Crippen LogP contribution in [-0.4, -0.2) is 56.2 Å². The Labute approximate surface area is 194 Å². The second kappa shape index (κ2) is 8.63. The maximum Gasteiger partial charge on any atom is 0.312 e. The molecule has 8 nitrogen and oxygen atoms in total. The van der Waals surface area contributed by atoms with Gasteiger partial charge < -0.3 is 25.0 Å². The number of hydrogen-bond donors (Lipinski definition) is 2. The van der Waals surface area contributed by atoms with Crippen molar-refractivity contribution in [3.8, 4) is 0 Å². The van der Waals surface area contributed by atoms with Crippen LogP contribution in [0.15, 0.2) is 24.3 Å². The zero-order valence-corrected chi connectivity index (χ0v) is 19.2. The highest BCUT2D eigenvalue weighted by molar-refractivity contribution is 5.93. The first-order valence-corrected chi connectivity index (χ1v) is 12.0. The Kier molecular flexibility index (Phi) is 5.80. The van der Waals surface area contributed by atoms with E-state index in [2.05, 4.69) is 15.5 Å². The van der Waals surface area contributed by atoms with E-state index >= 15 is 0 Å². The smallest absolute Gasteiger partial charge is 0.312 e. The van der Waals surface area contributed by atoms with Gasteiger partial charge in [-0.2, -0.15) is 0 Å². The zero-order valence-electron chi connectivity index (χ0n) is 19.2. The van der Waals surface area contributed by atoms with Gasteiger partial charge in [-0.05, 0) is 74.6 Å². The molecular formula is C25H33N3O5. The topological polar surface area (TPSA) is 97.0 Å². The molecule has 6 rings (SSSR count). The molecule has 4 saturated carbocycles. The average Bonchev–Trinajstić information content (AvgIpc) is 2.77. The molecule has 2 N–H and O–H groups in total. The number of carbonyl (C=O) groups is 3. The molecule has 1 aliphatic heterocycles.